The summed E-state index contributed by atoms with van der Waals surface area (Å²) in [5, 5.41) is 1.46. The van der Waals surface area contributed by atoms with Crippen molar-refractivity contribution in [3.63, 3.8) is 0 Å². The highest BCUT2D eigenvalue weighted by Gasteiger charge is 2.61. The number of benzene rings is 2. The molecule has 41 heavy (non-hydrogen) atoms. The number of carbonyl (C=O) groups excluding carboxylic acids is 1. The van der Waals surface area contributed by atoms with Crippen LogP contribution in [0.3, 0.4) is 0 Å². The molecule has 0 aliphatic carbocycles. The summed E-state index contributed by atoms with van der Waals surface area (Å²) in [7, 11) is -5.50. The Morgan fingerprint density at radius 3 is 1.63 bits per heavy atom. The number of carbonyl (C=O) groups is 1. The van der Waals surface area contributed by atoms with Gasteiger partial charge in [0.25, 0.3) is 0 Å². The summed E-state index contributed by atoms with van der Waals surface area (Å²) in [4.78, 5) is 12.0. The van der Waals surface area contributed by atoms with Gasteiger partial charge in [0.2, 0.25) is 0 Å². The fraction of sp³-hybridized carbons (Fsp3) is 0.500. The first-order chi connectivity index (χ1) is 19.5. The molecule has 2 rings (SSSR count). The van der Waals surface area contributed by atoms with Crippen LogP contribution in [-0.4, -0.2) is 90.5 Å². The lowest BCUT2D eigenvalue weighted by molar-refractivity contribution is -0.147. The number of esters is 1. The van der Waals surface area contributed by atoms with Crippen LogP contribution in [0.2, 0.25) is 12.6 Å². The molecule has 2 atom stereocenters. The molecule has 0 heterocycles. The van der Waals surface area contributed by atoms with Gasteiger partial charge >= 0.3 is 41.2 Å². The molecule has 0 N–H and O–H groups in total. The summed E-state index contributed by atoms with van der Waals surface area (Å²) < 4.78 is 60.9. The van der Waals surface area contributed by atoms with Crippen molar-refractivity contribution in [2.24, 2.45) is 5.92 Å². The van der Waals surface area contributed by atoms with Crippen molar-refractivity contribution in [1.29, 1.82) is 0 Å². The third kappa shape index (κ3) is 9.20. The Kier molecular flexibility index (Phi) is 14.2. The van der Waals surface area contributed by atoms with E-state index in [-0.39, 0.29) is 18.5 Å². The first kappa shape index (κ1) is 35.6. The molecule has 2 unspecified atom stereocenters. The SMILES string of the molecule is CO[Si](CCCOC(=O)C(C)C)(OC)O[Si](OC)(O[Si](C)(O[Si](OC)(OC)OC)c1ccccc1)c1ccccc1. The van der Waals surface area contributed by atoms with Crippen LogP contribution in [0.5, 0.6) is 0 Å². The molecule has 0 aliphatic heterocycles. The van der Waals surface area contributed by atoms with Crippen LogP contribution >= 0.6 is 0 Å². The second-order valence-electron chi connectivity index (χ2n) is 9.37. The van der Waals surface area contributed by atoms with Crippen LogP contribution in [0.25, 0.3) is 0 Å². The summed E-state index contributed by atoms with van der Waals surface area (Å²) in [6.07, 6.45) is 0.451. The van der Waals surface area contributed by atoms with Gasteiger partial charge in [0.1, 0.15) is 0 Å². The molecule has 2 aromatic carbocycles. The first-order valence-corrected chi connectivity index (χ1v) is 20.8. The Morgan fingerprint density at radius 2 is 1.20 bits per heavy atom. The van der Waals surface area contributed by atoms with E-state index in [1.54, 1.807) is 13.8 Å². The van der Waals surface area contributed by atoms with Crippen LogP contribution in [0.15, 0.2) is 60.7 Å². The van der Waals surface area contributed by atoms with Crippen LogP contribution in [0.4, 0.5) is 0 Å². The molecule has 230 valence electrons. The number of hydrogen-bond donors (Lipinski definition) is 0. The average Bonchev–Trinajstić information content (AvgIpc) is 3.01. The van der Waals surface area contributed by atoms with Crippen LogP contribution < -0.4 is 10.4 Å². The highest BCUT2D eigenvalue weighted by molar-refractivity contribution is 6.95. The molecule has 0 aliphatic rings. The molecule has 0 amide bonds. The molecule has 0 aromatic heterocycles. The second-order valence-corrected chi connectivity index (χ2v) is 21.3. The fourth-order valence-electron chi connectivity index (χ4n) is 3.99. The van der Waals surface area contributed by atoms with Crippen molar-refractivity contribution >= 4 is 51.6 Å². The van der Waals surface area contributed by atoms with Gasteiger partial charge < -0.3 is 43.6 Å². The zero-order valence-corrected chi connectivity index (χ0v) is 29.5. The Hall–Kier alpha value is -1.58. The van der Waals surface area contributed by atoms with E-state index >= 15 is 0 Å². The Morgan fingerprint density at radius 1 is 0.683 bits per heavy atom. The van der Waals surface area contributed by atoms with Crippen molar-refractivity contribution in [2.45, 2.75) is 32.9 Å². The monoisotopic (exact) mass is 644 g/mol. The predicted molar refractivity (Wildman–Crippen MR) is 162 cm³/mol. The predicted octanol–water partition coefficient (Wildman–Crippen LogP) is 2.70. The quantitative estimate of drug-likeness (QED) is 0.128. The summed E-state index contributed by atoms with van der Waals surface area (Å²) in [6.45, 7) is 5.63. The van der Waals surface area contributed by atoms with E-state index in [4.69, 9.17) is 43.6 Å². The van der Waals surface area contributed by atoms with Crippen molar-refractivity contribution in [3.05, 3.63) is 60.7 Å². The topological polar surface area (TPSA) is 109 Å². The number of hydrogen-bond acceptors (Lipinski definition) is 11. The second kappa shape index (κ2) is 16.3. The molecule has 0 saturated heterocycles. The lowest BCUT2D eigenvalue weighted by Crippen LogP contribution is -2.72. The maximum absolute atomic E-state index is 12.0. The molecular formula is C26H44O11Si4. The summed E-state index contributed by atoms with van der Waals surface area (Å²) in [5.74, 6) is -0.495. The fourth-order valence-corrected chi connectivity index (χ4v) is 18.6. The third-order valence-electron chi connectivity index (χ3n) is 6.35. The van der Waals surface area contributed by atoms with Gasteiger partial charge in [-0.1, -0.05) is 74.5 Å². The highest BCUT2D eigenvalue weighted by atomic mass is 28.5. The average molecular weight is 645 g/mol. The lowest BCUT2D eigenvalue weighted by Gasteiger charge is -2.42. The van der Waals surface area contributed by atoms with Crippen LogP contribution in [-0.2, 0) is 48.4 Å². The maximum Gasteiger partial charge on any atom is 0.670 e. The lowest BCUT2D eigenvalue weighted by atomic mass is 10.2. The summed E-state index contributed by atoms with van der Waals surface area (Å²) >= 11 is 0. The molecule has 2 aromatic rings. The minimum Gasteiger partial charge on any atom is -0.465 e. The van der Waals surface area contributed by atoms with Gasteiger partial charge in [-0.2, -0.15) is 0 Å². The van der Waals surface area contributed by atoms with Crippen molar-refractivity contribution in [3.8, 4) is 0 Å². The zero-order chi connectivity index (χ0) is 30.6. The van der Waals surface area contributed by atoms with Gasteiger partial charge in [-0.15, -0.1) is 0 Å². The number of ether oxygens (including phenoxy) is 1. The zero-order valence-electron chi connectivity index (χ0n) is 25.5. The standard InChI is InChI=1S/C26H44O11Si4/c1-23(2)26(27)34-21-16-22-39(28-3,29-4)37-40(30-5,25-19-14-11-15-20-25)35-38(9,24-17-12-10-13-18-24)36-41(31-6,32-7)33-8/h10-15,17-20,23H,16,21-22H2,1-9H3. The van der Waals surface area contributed by atoms with Crippen molar-refractivity contribution < 1.29 is 48.4 Å². The molecule has 11 nitrogen and oxygen atoms in total. The summed E-state index contributed by atoms with van der Waals surface area (Å²) in [5.41, 5.74) is 0. The van der Waals surface area contributed by atoms with Gasteiger partial charge in [-0.05, 0) is 18.2 Å². The minimum absolute atomic E-state index is 0.193. The summed E-state index contributed by atoms with van der Waals surface area (Å²) in [6, 6.07) is 19.2. The Bertz CT molecular complexity index is 1030. The van der Waals surface area contributed by atoms with E-state index < -0.39 is 35.2 Å². The van der Waals surface area contributed by atoms with Crippen molar-refractivity contribution in [1.82, 2.24) is 0 Å². The third-order valence-corrected chi connectivity index (χ3v) is 20.5. The molecule has 0 radical (unpaired) electrons. The van der Waals surface area contributed by atoms with Crippen LogP contribution in [0, 0.1) is 5.92 Å². The van der Waals surface area contributed by atoms with Crippen LogP contribution in [0.1, 0.15) is 20.3 Å². The number of rotatable bonds is 19. The Balaban J connectivity index is 2.59. The molecule has 0 bridgehead atoms. The smallest absolute Gasteiger partial charge is 0.465 e. The van der Waals surface area contributed by atoms with Gasteiger partial charge in [-0.25, -0.2) is 0 Å². The molecule has 0 fully saturated rings. The van der Waals surface area contributed by atoms with E-state index in [0.717, 1.165) is 5.19 Å². The molecule has 0 saturated carbocycles. The molecular weight excluding hydrogens is 601 g/mol. The van der Waals surface area contributed by atoms with E-state index in [0.29, 0.717) is 17.7 Å². The van der Waals surface area contributed by atoms with Gasteiger partial charge in [-0.3, -0.25) is 4.79 Å². The largest absolute Gasteiger partial charge is 0.670 e. The van der Waals surface area contributed by atoms with Crippen molar-refractivity contribution in [2.75, 3.05) is 49.3 Å². The van der Waals surface area contributed by atoms with E-state index in [2.05, 4.69) is 0 Å². The molecule has 0 spiro atoms. The van der Waals surface area contributed by atoms with Gasteiger partial charge in [0.05, 0.1) is 12.5 Å². The normalized spacial score (nSPS) is 15.4. The molecule has 15 heteroatoms. The van der Waals surface area contributed by atoms with E-state index in [9.17, 15) is 4.79 Å². The minimum atomic E-state index is -3.88. The highest BCUT2D eigenvalue weighted by Crippen LogP contribution is 2.28. The van der Waals surface area contributed by atoms with Gasteiger partial charge in [0.15, 0.2) is 0 Å². The van der Waals surface area contributed by atoms with Gasteiger partial charge in [0, 0.05) is 53.9 Å². The van der Waals surface area contributed by atoms with E-state index in [1.165, 1.54) is 42.7 Å². The van der Waals surface area contributed by atoms with E-state index in [1.807, 2.05) is 67.2 Å². The Labute approximate surface area is 248 Å². The maximum atomic E-state index is 12.0. The first-order valence-electron chi connectivity index (χ1n) is 13.2.